The third kappa shape index (κ3) is 30.5. The number of aromatic nitrogens is 1. The van der Waals surface area contributed by atoms with E-state index in [1.54, 1.807) is 36.4 Å². The van der Waals surface area contributed by atoms with Gasteiger partial charge in [-0.05, 0) is 161 Å². The minimum Gasteiger partial charge on any atom is -0.508 e. The van der Waals surface area contributed by atoms with Gasteiger partial charge < -0.3 is 84.0 Å². The highest BCUT2D eigenvalue weighted by Crippen LogP contribution is 2.23. The quantitative estimate of drug-likeness (QED) is 0.0148. The van der Waals surface area contributed by atoms with Gasteiger partial charge >= 0.3 is 5.97 Å². The van der Waals surface area contributed by atoms with E-state index in [0.29, 0.717) is 91.6 Å². The number of unbranched alkanes of at least 4 members (excludes halogenated alkanes) is 2. The molecule has 0 saturated carbocycles. The highest BCUT2D eigenvalue weighted by Gasteiger charge is 2.40. The van der Waals surface area contributed by atoms with Gasteiger partial charge in [-0.15, -0.1) is 0 Å². The number of amidine groups is 1. The van der Waals surface area contributed by atoms with E-state index in [9.17, 15) is 58.5 Å². The monoisotopic (exact) mass is 1570 g/mol. The molecule has 1 saturated heterocycles. The SMILES string of the molecule is CCCC(=NCCCC[C@H](NC(=O)[C@H](CC(C)C)NC(=O)[C@@H](CCCCN=C(NCC)NCC)NC(=O)[C@H](Cc1ccc(O)cc1)NC(=O)[C@H](CO)NC(=O)[C@@H](Cc1cccnc1)NC(=O)[C@@H](Cc1ccc(Cl)cc1)NC(=O)[C@@H](Cc1ccc2ccccc2c1)NC(C)=O)C(=O)N1CCC[C@H]1C(=O)N[C@H](C)C(=O)O)NCC. The standard InChI is InChI=1S/C81H113ClN16O14/c1-9-21-70(84-10-2)87-39-17-16-26-62(79(110)98-41-20-27-69(98)78(109)89-51(7)80(111)112)92-72(103)63(42-50(5)6)93-71(102)61(25-15-18-40-88-81(85-11-3)86-12-4)91-74(105)65(45-54-31-36-60(101)37-32-54)96-77(108)68(49-99)97-76(107)67(47-56-22-19-38-83-48-56)95-75(106)66(44-53-29-34-59(82)35-30-53)94-73(104)64(90-52(8)100)46-55-28-33-57-23-13-14-24-58(57)43-55/h13-14,19,22-24,28-38,43,48,50-51,61-69,99,101H,9-12,15-18,20-21,25-27,39-42,44-47,49H2,1-8H3,(H,84,87)(H,89,109)(H,90,100)(H,91,105)(H,92,103)(H,93,102)(H,94,104)(H,95,106)(H,96,108)(H,97,107)(H,111,112)(H2,85,86,88)/t51-,61-,62+,63+,64-,65+,66-,67-,68+,69+/m1/s1. The van der Waals surface area contributed by atoms with Crippen LogP contribution in [0.4, 0.5) is 0 Å². The van der Waals surface area contributed by atoms with Gasteiger partial charge in [0.05, 0.1) is 12.4 Å². The number of aromatic hydroxyl groups is 1. The molecule has 30 nitrogen and oxygen atoms in total. The second-order valence-electron chi connectivity index (χ2n) is 28.3. The van der Waals surface area contributed by atoms with Gasteiger partial charge in [-0.3, -0.25) is 67.7 Å². The van der Waals surface area contributed by atoms with Crippen LogP contribution in [0.15, 0.2) is 126 Å². The molecule has 2 heterocycles. The van der Waals surface area contributed by atoms with Crippen molar-refractivity contribution in [3.05, 3.63) is 143 Å². The van der Waals surface area contributed by atoms with Crippen LogP contribution in [-0.4, -0.2) is 208 Å². The van der Waals surface area contributed by atoms with E-state index >= 15 is 9.59 Å². The number of aliphatic imine (C=N–C) groups is 2. The van der Waals surface area contributed by atoms with Crippen LogP contribution in [0, 0.1) is 5.92 Å². The fourth-order valence-electron chi connectivity index (χ4n) is 12.9. The zero-order chi connectivity index (χ0) is 81.7. The van der Waals surface area contributed by atoms with Crippen LogP contribution in [0.3, 0.4) is 0 Å². The second kappa shape index (κ2) is 47.5. The van der Waals surface area contributed by atoms with Crippen molar-refractivity contribution in [2.24, 2.45) is 15.9 Å². The highest BCUT2D eigenvalue weighted by atomic mass is 35.5. The molecule has 0 bridgehead atoms. The molecule has 5 aromatic rings. The molecule has 0 unspecified atom stereocenters. The first-order valence-electron chi connectivity index (χ1n) is 38.8. The number of hydrogen-bond donors (Lipinski definition) is 15. The van der Waals surface area contributed by atoms with Crippen LogP contribution in [0.25, 0.3) is 10.8 Å². The number of nitrogens with one attached hydrogen (secondary N) is 12. The summed E-state index contributed by atoms with van der Waals surface area (Å²) < 4.78 is 0. The summed E-state index contributed by atoms with van der Waals surface area (Å²) in [5.74, 6) is -8.10. The summed E-state index contributed by atoms with van der Waals surface area (Å²) in [7, 11) is 0. The van der Waals surface area contributed by atoms with Gasteiger partial charge in [0.2, 0.25) is 59.1 Å². The van der Waals surface area contributed by atoms with Crippen LogP contribution >= 0.6 is 11.6 Å². The Kier molecular flexibility index (Phi) is 38.2. The lowest BCUT2D eigenvalue weighted by Crippen LogP contribution is -2.61. The first-order chi connectivity index (χ1) is 53.7. The number of fused-ring (bicyclic) bond motifs is 1. The van der Waals surface area contributed by atoms with Crippen molar-refractivity contribution in [2.75, 3.05) is 45.9 Å². The second-order valence-corrected chi connectivity index (χ2v) is 28.7. The number of aliphatic carboxylic acids is 1. The number of rotatable bonds is 45. The van der Waals surface area contributed by atoms with E-state index in [1.165, 1.54) is 55.4 Å². The summed E-state index contributed by atoms with van der Waals surface area (Å²) in [4.78, 5) is 172. The maximum absolute atomic E-state index is 15.2. The predicted molar refractivity (Wildman–Crippen MR) is 428 cm³/mol. The van der Waals surface area contributed by atoms with Crippen LogP contribution < -0.4 is 63.8 Å². The number of carboxylic acids is 1. The Balaban J connectivity index is 1.29. The molecular formula is C81H113ClN16O14. The zero-order valence-electron chi connectivity index (χ0n) is 65.4. The van der Waals surface area contributed by atoms with Gasteiger partial charge in [0.1, 0.15) is 66.2 Å². The van der Waals surface area contributed by atoms with E-state index in [-0.39, 0.29) is 76.0 Å². The molecule has 1 aliphatic heterocycles. The molecule has 31 heteroatoms. The summed E-state index contributed by atoms with van der Waals surface area (Å²) in [5.41, 5.74) is 2.13. The summed E-state index contributed by atoms with van der Waals surface area (Å²) in [6.07, 6.45) is 6.34. The molecule has 1 aliphatic rings. The third-order valence-corrected chi connectivity index (χ3v) is 18.9. The maximum atomic E-state index is 15.2. The summed E-state index contributed by atoms with van der Waals surface area (Å²) in [6.45, 7) is 15.7. The van der Waals surface area contributed by atoms with E-state index in [4.69, 9.17) is 16.6 Å². The number of phenolic OH excluding ortho intramolecular Hbond substituents is 1. The Morgan fingerprint density at radius 1 is 0.536 bits per heavy atom. The Morgan fingerprint density at radius 3 is 1.58 bits per heavy atom. The number of pyridine rings is 1. The van der Waals surface area contributed by atoms with Gasteiger partial charge in [0.15, 0.2) is 5.96 Å². The number of carbonyl (C=O) groups is 11. The molecule has 608 valence electrons. The topological polar surface area (TPSA) is 434 Å². The van der Waals surface area contributed by atoms with E-state index in [1.807, 2.05) is 84.0 Å². The van der Waals surface area contributed by atoms with Crippen molar-refractivity contribution in [1.29, 1.82) is 0 Å². The Bertz CT molecular complexity index is 3970. The third-order valence-electron chi connectivity index (χ3n) is 18.6. The lowest BCUT2D eigenvalue weighted by molar-refractivity contribution is -0.144. The lowest BCUT2D eigenvalue weighted by Gasteiger charge is -2.31. The molecule has 1 fully saturated rings. The van der Waals surface area contributed by atoms with Crippen LogP contribution in [-0.2, 0) is 78.4 Å². The molecule has 1 aromatic heterocycles. The molecule has 112 heavy (non-hydrogen) atoms. The molecule has 10 atom stereocenters. The van der Waals surface area contributed by atoms with Crippen molar-refractivity contribution in [3.8, 4) is 5.75 Å². The minimum absolute atomic E-state index is 0.0365. The van der Waals surface area contributed by atoms with E-state index < -0.39 is 132 Å². The number of likely N-dealkylation sites (tertiary alicyclic amines) is 1. The highest BCUT2D eigenvalue weighted by molar-refractivity contribution is 6.30. The van der Waals surface area contributed by atoms with Gasteiger partial charge in [0, 0.05) is 95.7 Å². The molecule has 0 radical (unpaired) electrons. The number of amides is 10. The molecule has 0 spiro atoms. The smallest absolute Gasteiger partial charge is 0.325 e. The number of aliphatic hydroxyl groups is 1. The lowest BCUT2D eigenvalue weighted by atomic mass is 9.99. The summed E-state index contributed by atoms with van der Waals surface area (Å²) in [5, 5.41) is 67.3. The van der Waals surface area contributed by atoms with E-state index in [2.05, 4.69) is 73.8 Å². The Labute approximate surface area is 660 Å². The number of phenols is 1. The molecule has 15 N–H and O–H groups in total. The van der Waals surface area contributed by atoms with Crippen LogP contribution in [0.5, 0.6) is 5.75 Å². The molecule has 6 rings (SSSR count). The van der Waals surface area contributed by atoms with Crippen molar-refractivity contribution in [1.82, 2.24) is 73.7 Å². The molecule has 0 aliphatic carbocycles. The fraction of sp³-hybridized carbons (Fsp3) is 0.506. The Morgan fingerprint density at radius 2 is 1.03 bits per heavy atom. The molecule has 10 amide bonds. The van der Waals surface area contributed by atoms with Crippen molar-refractivity contribution in [2.45, 2.75) is 212 Å². The number of halogens is 1. The number of benzene rings is 4. The Hall–Kier alpha value is -10.7. The summed E-state index contributed by atoms with van der Waals surface area (Å²) in [6, 6.07) is 15.0. The number of carboxylic acid groups (broad SMARTS) is 1. The average Bonchev–Trinajstić information content (AvgIpc) is 1.06. The van der Waals surface area contributed by atoms with Crippen LogP contribution in [0.2, 0.25) is 5.02 Å². The zero-order valence-corrected chi connectivity index (χ0v) is 66.1. The van der Waals surface area contributed by atoms with Gasteiger partial charge in [-0.2, -0.15) is 0 Å². The first kappa shape index (κ1) is 90.1. The number of nitrogens with zero attached hydrogens (tertiary/aromatic N) is 4. The minimum atomic E-state index is -1.82. The molecular weight excluding hydrogens is 1460 g/mol. The first-order valence-corrected chi connectivity index (χ1v) is 39.1. The maximum Gasteiger partial charge on any atom is 0.325 e. The number of hydrogen-bond acceptors (Lipinski definition) is 16. The largest absolute Gasteiger partial charge is 0.508 e. The predicted octanol–water partition coefficient (Wildman–Crippen LogP) is 4.11. The van der Waals surface area contributed by atoms with Gasteiger partial charge in [-0.1, -0.05) is 105 Å². The number of carbonyl (C=O) groups excluding carboxylic acids is 10. The average molecular weight is 1570 g/mol. The van der Waals surface area contributed by atoms with Crippen molar-refractivity contribution in [3.63, 3.8) is 0 Å². The van der Waals surface area contributed by atoms with Crippen molar-refractivity contribution >= 4 is 99.2 Å². The fourth-order valence-corrected chi connectivity index (χ4v) is 13.0. The van der Waals surface area contributed by atoms with E-state index in [0.717, 1.165) is 29.4 Å². The molecule has 4 aromatic carbocycles. The number of guanidine groups is 1. The van der Waals surface area contributed by atoms with Crippen LogP contribution in [0.1, 0.15) is 148 Å². The van der Waals surface area contributed by atoms with Gasteiger partial charge in [0.25, 0.3) is 0 Å². The summed E-state index contributed by atoms with van der Waals surface area (Å²) >= 11 is 6.26. The number of aliphatic hydroxyl groups excluding tert-OH is 1. The normalized spacial score (nSPS) is 15.1. The van der Waals surface area contributed by atoms with Crippen molar-refractivity contribution < 1.29 is 68.1 Å². The van der Waals surface area contributed by atoms with Gasteiger partial charge in [-0.25, -0.2) is 0 Å².